The number of carbonyl (C=O) groups excluding carboxylic acids is 2. The van der Waals surface area contributed by atoms with E-state index in [1.807, 2.05) is 18.2 Å². The molecule has 4 heteroatoms. The zero-order chi connectivity index (χ0) is 14.7. The fourth-order valence-electron chi connectivity index (χ4n) is 2.48. The van der Waals surface area contributed by atoms with Gasteiger partial charge in [0.25, 0.3) is 0 Å². The maximum atomic E-state index is 11.8. The Balaban J connectivity index is 1.56. The van der Waals surface area contributed by atoms with Gasteiger partial charge in [-0.1, -0.05) is 30.3 Å². The zero-order valence-electron chi connectivity index (χ0n) is 11.5. The van der Waals surface area contributed by atoms with Gasteiger partial charge in [0, 0.05) is 12.0 Å². The first-order chi connectivity index (χ1) is 10.2. The summed E-state index contributed by atoms with van der Waals surface area (Å²) in [5.41, 5.74) is 1.61. The summed E-state index contributed by atoms with van der Waals surface area (Å²) >= 11 is 0. The van der Waals surface area contributed by atoms with Gasteiger partial charge in [0.2, 0.25) is 0 Å². The summed E-state index contributed by atoms with van der Waals surface area (Å²) in [6, 6.07) is 10.1. The van der Waals surface area contributed by atoms with Gasteiger partial charge in [-0.25, -0.2) is 0 Å². The molecule has 1 aromatic rings. The van der Waals surface area contributed by atoms with Crippen molar-refractivity contribution in [2.75, 3.05) is 6.61 Å². The minimum absolute atomic E-state index is 0.174. The predicted octanol–water partition coefficient (Wildman–Crippen LogP) is 2.00. The Kier molecular flexibility index (Phi) is 4.08. The fourth-order valence-corrected chi connectivity index (χ4v) is 2.48. The van der Waals surface area contributed by atoms with Crippen LogP contribution in [0.15, 0.2) is 54.1 Å². The van der Waals surface area contributed by atoms with Crippen LogP contribution in [0.3, 0.4) is 0 Å². The van der Waals surface area contributed by atoms with E-state index in [4.69, 9.17) is 9.47 Å². The second kappa shape index (κ2) is 6.16. The number of hydrogen-bond acceptors (Lipinski definition) is 4. The number of ketones is 2. The van der Waals surface area contributed by atoms with E-state index in [9.17, 15) is 9.59 Å². The molecule has 0 amide bonds. The number of benzene rings is 1. The first-order valence-electron chi connectivity index (χ1n) is 7.01. The minimum atomic E-state index is -0.438. The Morgan fingerprint density at radius 2 is 1.90 bits per heavy atom. The molecule has 21 heavy (non-hydrogen) atoms. The van der Waals surface area contributed by atoms with Crippen molar-refractivity contribution in [1.82, 2.24) is 0 Å². The SMILES string of the molecule is O=C1C=CC(=O)C(C2COC(CCc3ccccc3)O2)=C1. The van der Waals surface area contributed by atoms with Gasteiger partial charge in [-0.15, -0.1) is 0 Å². The summed E-state index contributed by atoms with van der Waals surface area (Å²) in [7, 11) is 0. The molecule has 0 N–H and O–H groups in total. The van der Waals surface area contributed by atoms with Crippen molar-refractivity contribution in [1.29, 1.82) is 0 Å². The van der Waals surface area contributed by atoms with E-state index in [1.165, 1.54) is 23.8 Å². The van der Waals surface area contributed by atoms with Crippen molar-refractivity contribution >= 4 is 11.6 Å². The van der Waals surface area contributed by atoms with E-state index in [0.717, 1.165) is 12.8 Å². The lowest BCUT2D eigenvalue weighted by Crippen LogP contribution is -2.23. The highest BCUT2D eigenvalue weighted by molar-refractivity contribution is 6.17. The maximum Gasteiger partial charge on any atom is 0.184 e. The van der Waals surface area contributed by atoms with E-state index in [0.29, 0.717) is 12.2 Å². The molecule has 0 bridgehead atoms. The van der Waals surface area contributed by atoms with Gasteiger partial charge >= 0.3 is 0 Å². The Bertz CT molecular complexity index is 600. The van der Waals surface area contributed by atoms with Crippen LogP contribution in [0, 0.1) is 0 Å². The Morgan fingerprint density at radius 1 is 1.10 bits per heavy atom. The second-order valence-corrected chi connectivity index (χ2v) is 5.11. The van der Waals surface area contributed by atoms with Gasteiger partial charge in [0.1, 0.15) is 6.10 Å². The van der Waals surface area contributed by atoms with Crippen molar-refractivity contribution in [3.63, 3.8) is 0 Å². The highest BCUT2D eigenvalue weighted by atomic mass is 16.7. The second-order valence-electron chi connectivity index (χ2n) is 5.11. The average molecular weight is 284 g/mol. The highest BCUT2D eigenvalue weighted by Crippen LogP contribution is 2.24. The number of carbonyl (C=O) groups is 2. The fraction of sp³-hybridized carbons (Fsp3) is 0.294. The van der Waals surface area contributed by atoms with E-state index in [2.05, 4.69) is 12.1 Å². The van der Waals surface area contributed by atoms with Crippen molar-refractivity contribution < 1.29 is 19.1 Å². The number of hydrogen-bond donors (Lipinski definition) is 0. The van der Waals surface area contributed by atoms with Crippen LogP contribution in [0.4, 0.5) is 0 Å². The van der Waals surface area contributed by atoms with Gasteiger partial charge in [-0.2, -0.15) is 0 Å². The molecule has 0 spiro atoms. The Morgan fingerprint density at radius 3 is 2.71 bits per heavy atom. The molecule has 4 nitrogen and oxygen atoms in total. The molecule has 0 radical (unpaired) electrons. The van der Waals surface area contributed by atoms with Crippen molar-refractivity contribution in [2.45, 2.75) is 25.2 Å². The molecule has 1 aliphatic carbocycles. The normalized spacial score (nSPS) is 25.2. The molecule has 2 aliphatic rings. The lowest BCUT2D eigenvalue weighted by molar-refractivity contribution is -0.115. The van der Waals surface area contributed by atoms with Crippen LogP contribution < -0.4 is 0 Å². The van der Waals surface area contributed by atoms with Crippen molar-refractivity contribution in [2.24, 2.45) is 0 Å². The third-order valence-electron chi connectivity index (χ3n) is 3.59. The van der Waals surface area contributed by atoms with E-state index >= 15 is 0 Å². The molecule has 108 valence electrons. The molecule has 1 fully saturated rings. The number of rotatable bonds is 4. The molecule has 3 rings (SSSR count). The van der Waals surface area contributed by atoms with Gasteiger partial charge in [0.15, 0.2) is 17.9 Å². The number of ether oxygens (including phenoxy) is 2. The molecule has 0 aromatic heterocycles. The van der Waals surface area contributed by atoms with Crippen LogP contribution in [0.2, 0.25) is 0 Å². The van der Waals surface area contributed by atoms with Crippen LogP contribution in [-0.4, -0.2) is 30.6 Å². The van der Waals surface area contributed by atoms with E-state index in [1.54, 1.807) is 0 Å². The summed E-state index contributed by atoms with van der Waals surface area (Å²) in [6.45, 7) is 0.318. The molecule has 1 heterocycles. The Hall–Kier alpha value is -2.04. The topological polar surface area (TPSA) is 52.6 Å². The van der Waals surface area contributed by atoms with Crippen LogP contribution in [0.1, 0.15) is 12.0 Å². The molecular formula is C17H16O4. The number of aryl methyl sites for hydroxylation is 1. The monoisotopic (exact) mass is 284 g/mol. The van der Waals surface area contributed by atoms with E-state index < -0.39 is 6.10 Å². The Labute approximate surface area is 123 Å². The largest absolute Gasteiger partial charge is 0.350 e. The molecule has 0 saturated carbocycles. The van der Waals surface area contributed by atoms with Crippen LogP contribution >= 0.6 is 0 Å². The predicted molar refractivity (Wildman–Crippen MR) is 76.6 cm³/mol. The lowest BCUT2D eigenvalue weighted by atomic mass is 9.99. The van der Waals surface area contributed by atoms with E-state index in [-0.39, 0.29) is 17.9 Å². The van der Waals surface area contributed by atoms with Crippen LogP contribution in [0.5, 0.6) is 0 Å². The summed E-state index contributed by atoms with van der Waals surface area (Å²) in [5, 5.41) is 0. The molecular weight excluding hydrogens is 268 g/mol. The molecule has 1 aromatic carbocycles. The van der Waals surface area contributed by atoms with Crippen LogP contribution in [-0.2, 0) is 25.5 Å². The van der Waals surface area contributed by atoms with Crippen LogP contribution in [0.25, 0.3) is 0 Å². The average Bonchev–Trinajstić information content (AvgIpc) is 2.97. The zero-order valence-corrected chi connectivity index (χ0v) is 11.5. The third kappa shape index (κ3) is 3.35. The summed E-state index contributed by atoms with van der Waals surface area (Å²) in [6.07, 6.45) is 4.72. The van der Waals surface area contributed by atoms with Crippen molar-refractivity contribution in [3.05, 3.63) is 59.7 Å². The standard InChI is InChI=1S/C17H16O4/c18-13-7-8-15(19)14(10-13)16-11-20-17(21-16)9-6-12-4-2-1-3-5-12/h1-5,7-8,10,16-17H,6,9,11H2. The van der Waals surface area contributed by atoms with Gasteiger partial charge in [-0.3, -0.25) is 9.59 Å². The summed E-state index contributed by atoms with van der Waals surface area (Å²) in [4.78, 5) is 23.1. The third-order valence-corrected chi connectivity index (χ3v) is 3.59. The number of allylic oxidation sites excluding steroid dienone is 3. The molecule has 1 saturated heterocycles. The summed E-state index contributed by atoms with van der Waals surface area (Å²) < 4.78 is 11.3. The smallest absolute Gasteiger partial charge is 0.184 e. The lowest BCUT2D eigenvalue weighted by Gasteiger charge is -2.14. The van der Waals surface area contributed by atoms with Gasteiger partial charge in [0.05, 0.1) is 6.61 Å². The molecule has 2 atom stereocenters. The first kappa shape index (κ1) is 13.9. The minimum Gasteiger partial charge on any atom is -0.350 e. The highest BCUT2D eigenvalue weighted by Gasteiger charge is 2.32. The molecule has 2 unspecified atom stereocenters. The quantitative estimate of drug-likeness (QED) is 0.794. The maximum absolute atomic E-state index is 11.8. The van der Waals surface area contributed by atoms with Crippen molar-refractivity contribution in [3.8, 4) is 0 Å². The molecule has 1 aliphatic heterocycles. The van der Waals surface area contributed by atoms with Gasteiger partial charge in [-0.05, 0) is 30.2 Å². The van der Waals surface area contributed by atoms with Gasteiger partial charge < -0.3 is 9.47 Å². The summed E-state index contributed by atoms with van der Waals surface area (Å²) in [5.74, 6) is -0.354. The first-order valence-corrected chi connectivity index (χ1v) is 7.01.